The first kappa shape index (κ1) is 16.9. The topological polar surface area (TPSA) is 51.5 Å². The molecule has 0 unspecified atom stereocenters. The summed E-state index contributed by atoms with van der Waals surface area (Å²) in [5.41, 5.74) is 1.86. The third-order valence-electron chi connectivity index (χ3n) is 6.75. The highest BCUT2D eigenvalue weighted by atomic mass is 32.1. The summed E-state index contributed by atoms with van der Waals surface area (Å²) in [6, 6.07) is 0. The third-order valence-corrected chi connectivity index (χ3v) is 7.95. The van der Waals surface area contributed by atoms with Gasteiger partial charge in [-0.2, -0.15) is 0 Å². The number of thiophene rings is 1. The molecule has 0 amide bonds. The number of hydrogen-bond donors (Lipinski definition) is 2. The molecule has 2 fully saturated rings. The van der Waals surface area contributed by atoms with Crippen LogP contribution in [0.5, 0.6) is 0 Å². The fraction of sp³-hybridized carbons (Fsp3) is 0.700. The van der Waals surface area contributed by atoms with Gasteiger partial charge in [-0.05, 0) is 37.7 Å². The minimum atomic E-state index is 0.346. The summed E-state index contributed by atoms with van der Waals surface area (Å²) in [5, 5.41) is 5.12. The van der Waals surface area contributed by atoms with E-state index < -0.39 is 0 Å². The van der Waals surface area contributed by atoms with Gasteiger partial charge in [0.1, 0.15) is 35.6 Å². The smallest absolute Gasteiger partial charge is 0.138 e. The largest absolute Gasteiger partial charge is 0.370 e. The molecule has 0 aromatic carbocycles. The first-order valence-corrected chi connectivity index (χ1v) is 11.1. The maximum Gasteiger partial charge on any atom is 0.138 e. The number of hydrogen-bond acceptors (Lipinski definition) is 5. The zero-order chi connectivity index (χ0) is 17.4. The van der Waals surface area contributed by atoms with Crippen LogP contribution in [-0.2, 0) is 17.6 Å². The van der Waals surface area contributed by atoms with Crippen molar-refractivity contribution in [3.63, 3.8) is 0 Å². The van der Waals surface area contributed by atoms with Gasteiger partial charge in [-0.15, -0.1) is 11.3 Å². The van der Waals surface area contributed by atoms with Gasteiger partial charge in [0.15, 0.2) is 0 Å². The normalized spacial score (nSPS) is 23.2. The van der Waals surface area contributed by atoms with Crippen LogP contribution in [0.3, 0.4) is 0 Å². The van der Waals surface area contributed by atoms with Gasteiger partial charge in [0.05, 0.1) is 25.1 Å². The summed E-state index contributed by atoms with van der Waals surface area (Å²) in [7, 11) is 0. The third kappa shape index (κ3) is 2.92. The molecule has 1 aliphatic heterocycles. The number of fused-ring (bicyclic) bond motifs is 3. The van der Waals surface area contributed by atoms with E-state index in [4.69, 9.17) is 4.74 Å². The average Bonchev–Trinajstić information content (AvgIpc) is 3.29. The van der Waals surface area contributed by atoms with Gasteiger partial charge in [0.25, 0.3) is 0 Å². The van der Waals surface area contributed by atoms with Crippen LogP contribution in [0.15, 0.2) is 6.33 Å². The molecule has 2 aromatic heterocycles. The van der Waals surface area contributed by atoms with Crippen LogP contribution in [0.25, 0.3) is 10.2 Å². The SMILES string of the molecule is c1nc(NCC2([NH+]3CCOCC3)CCCCC2)c2c3c(sc2n1)CCC3. The molecule has 1 saturated heterocycles. The van der Waals surface area contributed by atoms with Crippen molar-refractivity contribution >= 4 is 27.4 Å². The number of ether oxygens (including phenoxy) is 1. The molecule has 2 aliphatic carbocycles. The molecule has 1 saturated carbocycles. The van der Waals surface area contributed by atoms with Gasteiger partial charge >= 0.3 is 0 Å². The first-order valence-electron chi connectivity index (χ1n) is 10.3. The molecule has 3 aliphatic rings. The van der Waals surface area contributed by atoms with Crippen LogP contribution in [-0.4, -0.2) is 48.4 Å². The monoisotopic (exact) mass is 373 g/mol. The van der Waals surface area contributed by atoms with Crippen molar-refractivity contribution in [3.05, 3.63) is 16.8 Å². The fourth-order valence-electron chi connectivity index (χ4n) is 5.35. The van der Waals surface area contributed by atoms with Crippen LogP contribution in [0.1, 0.15) is 49.0 Å². The number of morpholine rings is 1. The maximum atomic E-state index is 5.64. The van der Waals surface area contributed by atoms with E-state index in [1.54, 1.807) is 11.2 Å². The molecule has 5 rings (SSSR count). The fourth-order valence-corrected chi connectivity index (χ4v) is 6.58. The summed E-state index contributed by atoms with van der Waals surface area (Å²) < 4.78 is 5.64. The Morgan fingerprint density at radius 3 is 2.77 bits per heavy atom. The molecule has 0 spiro atoms. The Morgan fingerprint density at radius 1 is 1.08 bits per heavy atom. The molecule has 140 valence electrons. The van der Waals surface area contributed by atoms with E-state index >= 15 is 0 Å². The standard InChI is InChI=1S/C20H28N4OS/c1-2-7-20(8-3-1,24-9-11-25-12-10-24)13-21-18-17-15-5-4-6-16(15)26-19(17)23-14-22-18/h14H,1-13H2,(H,21,22,23)/p+1. The maximum absolute atomic E-state index is 5.64. The quantitative estimate of drug-likeness (QED) is 0.863. The number of rotatable bonds is 4. The zero-order valence-electron chi connectivity index (χ0n) is 15.5. The Morgan fingerprint density at radius 2 is 1.92 bits per heavy atom. The summed E-state index contributed by atoms with van der Waals surface area (Å²) in [6.45, 7) is 5.14. The average molecular weight is 374 g/mol. The lowest BCUT2D eigenvalue weighted by atomic mass is 9.79. The van der Waals surface area contributed by atoms with Gasteiger partial charge < -0.3 is 15.0 Å². The Balaban J connectivity index is 1.42. The predicted octanol–water partition coefficient (Wildman–Crippen LogP) is 2.21. The van der Waals surface area contributed by atoms with E-state index in [1.165, 1.54) is 72.0 Å². The van der Waals surface area contributed by atoms with E-state index in [0.29, 0.717) is 5.54 Å². The number of anilines is 1. The van der Waals surface area contributed by atoms with Gasteiger partial charge in [0, 0.05) is 17.7 Å². The molecule has 6 heteroatoms. The van der Waals surface area contributed by atoms with Crippen LogP contribution in [0.2, 0.25) is 0 Å². The summed E-state index contributed by atoms with van der Waals surface area (Å²) in [6.07, 6.45) is 12.2. The molecule has 26 heavy (non-hydrogen) atoms. The second kappa shape index (κ2) is 7.06. The molecule has 2 aromatic rings. The van der Waals surface area contributed by atoms with E-state index in [0.717, 1.165) is 38.7 Å². The van der Waals surface area contributed by atoms with Crippen molar-refractivity contribution in [3.8, 4) is 0 Å². The van der Waals surface area contributed by atoms with Crippen molar-refractivity contribution in [1.82, 2.24) is 9.97 Å². The van der Waals surface area contributed by atoms with E-state index in [1.807, 2.05) is 11.3 Å². The molecular formula is C20H29N4OS+. The minimum absolute atomic E-state index is 0.346. The number of aromatic nitrogens is 2. The number of nitrogens with zero attached hydrogens (tertiary/aromatic N) is 2. The number of nitrogens with one attached hydrogen (secondary N) is 2. The van der Waals surface area contributed by atoms with Crippen LogP contribution in [0.4, 0.5) is 5.82 Å². The minimum Gasteiger partial charge on any atom is -0.370 e. The van der Waals surface area contributed by atoms with E-state index in [2.05, 4.69) is 15.3 Å². The van der Waals surface area contributed by atoms with Crippen LogP contribution >= 0.6 is 11.3 Å². The zero-order valence-corrected chi connectivity index (χ0v) is 16.3. The highest BCUT2D eigenvalue weighted by Gasteiger charge is 2.42. The summed E-state index contributed by atoms with van der Waals surface area (Å²) in [5.74, 6) is 1.08. The molecule has 0 atom stereocenters. The van der Waals surface area contributed by atoms with Gasteiger partial charge in [-0.25, -0.2) is 9.97 Å². The predicted molar refractivity (Wildman–Crippen MR) is 105 cm³/mol. The van der Waals surface area contributed by atoms with Gasteiger partial charge in [-0.1, -0.05) is 6.42 Å². The summed E-state index contributed by atoms with van der Waals surface area (Å²) >= 11 is 1.88. The molecule has 5 nitrogen and oxygen atoms in total. The Hall–Kier alpha value is -1.24. The first-order chi connectivity index (χ1) is 12.9. The number of quaternary nitrogens is 1. The van der Waals surface area contributed by atoms with Crippen molar-refractivity contribution in [2.75, 3.05) is 38.2 Å². The van der Waals surface area contributed by atoms with Gasteiger partial charge in [-0.3, -0.25) is 0 Å². The Labute approximate surface area is 159 Å². The van der Waals surface area contributed by atoms with E-state index in [-0.39, 0.29) is 0 Å². The lowest BCUT2D eigenvalue weighted by Gasteiger charge is -2.45. The van der Waals surface area contributed by atoms with Crippen LogP contribution < -0.4 is 10.2 Å². The van der Waals surface area contributed by atoms with Crippen molar-refractivity contribution in [1.29, 1.82) is 0 Å². The lowest BCUT2D eigenvalue weighted by molar-refractivity contribution is -0.959. The van der Waals surface area contributed by atoms with Crippen LogP contribution in [0, 0.1) is 0 Å². The Kier molecular flexibility index (Phi) is 4.59. The summed E-state index contributed by atoms with van der Waals surface area (Å²) in [4.78, 5) is 13.7. The highest BCUT2D eigenvalue weighted by Crippen LogP contribution is 2.39. The Bertz CT molecular complexity index is 777. The number of aryl methyl sites for hydroxylation is 2. The molecule has 0 bridgehead atoms. The molecule has 3 heterocycles. The van der Waals surface area contributed by atoms with Crippen molar-refractivity contribution in [2.24, 2.45) is 0 Å². The molecule has 2 N–H and O–H groups in total. The second-order valence-electron chi connectivity index (χ2n) is 8.17. The van der Waals surface area contributed by atoms with Crippen molar-refractivity contribution in [2.45, 2.75) is 56.9 Å². The van der Waals surface area contributed by atoms with Crippen molar-refractivity contribution < 1.29 is 9.64 Å². The van der Waals surface area contributed by atoms with Gasteiger partial charge in [0.2, 0.25) is 0 Å². The molecule has 0 radical (unpaired) electrons. The van der Waals surface area contributed by atoms with E-state index in [9.17, 15) is 0 Å². The highest BCUT2D eigenvalue weighted by molar-refractivity contribution is 7.19. The second-order valence-corrected chi connectivity index (χ2v) is 9.25. The molecular weight excluding hydrogens is 344 g/mol. The lowest BCUT2D eigenvalue weighted by Crippen LogP contribution is -3.22.